The summed E-state index contributed by atoms with van der Waals surface area (Å²) in [6, 6.07) is 13.1. The molecular weight excluding hydrogens is 417 g/mol. The number of hydrogen-bond acceptors (Lipinski definition) is 6. The first-order valence-electron chi connectivity index (χ1n) is 10.7. The molecule has 0 bridgehead atoms. The third kappa shape index (κ3) is 3.17. The number of hydrogen-bond donors (Lipinski definition) is 2. The molecule has 0 radical (unpaired) electrons. The standard InChI is InChI=1S/C24H24FNO6/c1-26-22(28)16-10-14(12-31-15-5-3-2-4-6-15)24(30)17(21(16)23(26)29)11-20(32-24)13-7-8-19(27)18(25)9-13/h2-9,14,16-17,20-21,27,30H,10-12H2,1H3/t14-,16+,17+,20+,21+,24-/m1/s1. The molecule has 2 aromatic carbocycles. The summed E-state index contributed by atoms with van der Waals surface area (Å²) < 4.78 is 26.0. The average molecular weight is 441 g/mol. The normalized spacial score (nSPS) is 33.8. The first-order chi connectivity index (χ1) is 15.3. The molecule has 2 heterocycles. The van der Waals surface area contributed by atoms with Crippen LogP contribution in [0.1, 0.15) is 24.5 Å². The van der Waals surface area contributed by atoms with Gasteiger partial charge in [0, 0.05) is 18.9 Å². The Morgan fingerprint density at radius 2 is 1.91 bits per heavy atom. The molecule has 0 aromatic heterocycles. The molecule has 0 spiro atoms. The average Bonchev–Trinajstić information content (AvgIpc) is 3.25. The number of benzene rings is 2. The van der Waals surface area contributed by atoms with Crippen LogP contribution in [-0.2, 0) is 14.3 Å². The third-order valence-corrected chi connectivity index (χ3v) is 7.12. The van der Waals surface area contributed by atoms with E-state index in [4.69, 9.17) is 9.47 Å². The van der Waals surface area contributed by atoms with E-state index in [1.54, 1.807) is 12.1 Å². The molecule has 2 N–H and O–H groups in total. The number of nitrogens with zero attached hydrogens (tertiary/aromatic N) is 1. The van der Waals surface area contributed by atoms with Crippen molar-refractivity contribution in [3.05, 3.63) is 59.9 Å². The van der Waals surface area contributed by atoms with Crippen LogP contribution in [0.15, 0.2) is 48.5 Å². The minimum atomic E-state index is -1.71. The Morgan fingerprint density at radius 1 is 1.16 bits per heavy atom. The second kappa shape index (κ2) is 7.56. The Bertz CT molecular complexity index is 1060. The van der Waals surface area contributed by atoms with Gasteiger partial charge < -0.3 is 19.7 Å². The molecular formula is C24H24FNO6. The number of phenolic OH excluding ortho intramolecular Hbond substituents is 1. The Hall–Kier alpha value is -2.97. The van der Waals surface area contributed by atoms with Crippen LogP contribution in [0.2, 0.25) is 0 Å². The first kappa shape index (κ1) is 20.9. The zero-order chi connectivity index (χ0) is 22.6. The van der Waals surface area contributed by atoms with Crippen LogP contribution in [0.5, 0.6) is 11.5 Å². The molecule has 168 valence electrons. The van der Waals surface area contributed by atoms with E-state index in [0.29, 0.717) is 11.3 Å². The van der Waals surface area contributed by atoms with Gasteiger partial charge >= 0.3 is 0 Å². The van der Waals surface area contributed by atoms with E-state index in [0.717, 1.165) is 4.90 Å². The Kier molecular flexibility index (Phi) is 4.94. The van der Waals surface area contributed by atoms with Gasteiger partial charge in [-0.15, -0.1) is 0 Å². The minimum Gasteiger partial charge on any atom is -0.505 e. The number of carbonyl (C=O) groups excluding carboxylic acids is 2. The highest BCUT2D eigenvalue weighted by atomic mass is 19.1. The lowest BCUT2D eigenvalue weighted by Crippen LogP contribution is -2.55. The number of amides is 2. The lowest BCUT2D eigenvalue weighted by atomic mass is 9.64. The Morgan fingerprint density at radius 3 is 2.62 bits per heavy atom. The van der Waals surface area contributed by atoms with Crippen molar-refractivity contribution in [3.8, 4) is 11.5 Å². The molecule has 32 heavy (non-hydrogen) atoms. The number of fused-ring (bicyclic) bond motifs is 3. The summed E-state index contributed by atoms with van der Waals surface area (Å²) in [5, 5.41) is 21.2. The molecule has 1 saturated carbocycles. The fourth-order valence-electron chi connectivity index (χ4n) is 5.48. The van der Waals surface area contributed by atoms with E-state index in [1.807, 2.05) is 18.2 Å². The van der Waals surface area contributed by atoms with Gasteiger partial charge in [-0.3, -0.25) is 14.5 Å². The highest BCUT2D eigenvalue weighted by Gasteiger charge is 2.66. The smallest absolute Gasteiger partial charge is 0.233 e. The van der Waals surface area contributed by atoms with Crippen molar-refractivity contribution in [1.29, 1.82) is 0 Å². The zero-order valence-corrected chi connectivity index (χ0v) is 17.5. The van der Waals surface area contributed by atoms with Crippen LogP contribution in [0, 0.1) is 29.5 Å². The SMILES string of the molecule is CN1C(=O)[C@H]2[C@H](C[C@H](COc3ccccc3)[C@@]3(O)O[C@H](c4ccc(O)c(F)c4)C[C@@H]23)C1=O. The summed E-state index contributed by atoms with van der Waals surface area (Å²) in [6.45, 7) is 0.0993. The van der Waals surface area contributed by atoms with E-state index in [-0.39, 0.29) is 31.3 Å². The third-order valence-electron chi connectivity index (χ3n) is 7.12. The minimum absolute atomic E-state index is 0.0993. The van der Waals surface area contributed by atoms with Gasteiger partial charge in [0.2, 0.25) is 11.8 Å². The number of para-hydroxylation sites is 1. The van der Waals surface area contributed by atoms with E-state index < -0.39 is 47.1 Å². The molecule has 1 aliphatic carbocycles. The molecule has 6 atom stereocenters. The van der Waals surface area contributed by atoms with Crippen molar-refractivity contribution in [2.45, 2.75) is 24.7 Å². The van der Waals surface area contributed by atoms with Crippen LogP contribution in [-0.4, -0.2) is 46.4 Å². The quantitative estimate of drug-likeness (QED) is 0.709. The van der Waals surface area contributed by atoms with Gasteiger partial charge in [0.25, 0.3) is 0 Å². The monoisotopic (exact) mass is 441 g/mol. The lowest BCUT2D eigenvalue weighted by Gasteiger charge is -2.44. The number of carbonyl (C=O) groups is 2. The van der Waals surface area contributed by atoms with Crippen molar-refractivity contribution in [1.82, 2.24) is 4.90 Å². The number of ether oxygens (including phenoxy) is 2. The largest absolute Gasteiger partial charge is 0.505 e. The number of halogens is 1. The maximum absolute atomic E-state index is 14.0. The summed E-state index contributed by atoms with van der Waals surface area (Å²) in [4.78, 5) is 26.8. The summed E-state index contributed by atoms with van der Waals surface area (Å²) in [7, 11) is 1.46. The van der Waals surface area contributed by atoms with Gasteiger partial charge in [-0.2, -0.15) is 0 Å². The fourth-order valence-corrected chi connectivity index (χ4v) is 5.48. The van der Waals surface area contributed by atoms with Crippen LogP contribution in [0.3, 0.4) is 0 Å². The second-order valence-corrected chi connectivity index (χ2v) is 8.84. The predicted octanol–water partition coefficient (Wildman–Crippen LogP) is 2.63. The molecule has 0 unspecified atom stereocenters. The maximum Gasteiger partial charge on any atom is 0.233 e. The molecule has 8 heteroatoms. The van der Waals surface area contributed by atoms with Gasteiger partial charge in [-0.1, -0.05) is 24.3 Å². The van der Waals surface area contributed by atoms with Crippen LogP contribution < -0.4 is 4.74 Å². The molecule has 5 rings (SSSR count). The summed E-state index contributed by atoms with van der Waals surface area (Å²) in [5.41, 5.74) is 0.451. The second-order valence-electron chi connectivity index (χ2n) is 8.84. The van der Waals surface area contributed by atoms with Crippen LogP contribution >= 0.6 is 0 Å². The van der Waals surface area contributed by atoms with Crippen molar-refractivity contribution in [2.24, 2.45) is 23.7 Å². The summed E-state index contributed by atoms with van der Waals surface area (Å²) in [6.07, 6.45) is -0.195. The highest BCUT2D eigenvalue weighted by Crippen LogP contribution is 2.58. The fraction of sp³-hybridized carbons (Fsp3) is 0.417. The predicted molar refractivity (Wildman–Crippen MR) is 110 cm³/mol. The van der Waals surface area contributed by atoms with Crippen molar-refractivity contribution >= 4 is 11.8 Å². The molecule has 2 amide bonds. The lowest BCUT2D eigenvalue weighted by molar-refractivity contribution is -0.272. The summed E-state index contributed by atoms with van der Waals surface area (Å²) >= 11 is 0. The van der Waals surface area contributed by atoms with Gasteiger partial charge in [0.1, 0.15) is 5.75 Å². The van der Waals surface area contributed by atoms with Crippen molar-refractivity contribution in [3.63, 3.8) is 0 Å². The zero-order valence-electron chi connectivity index (χ0n) is 17.5. The van der Waals surface area contributed by atoms with E-state index in [9.17, 15) is 24.2 Å². The van der Waals surface area contributed by atoms with Crippen molar-refractivity contribution in [2.75, 3.05) is 13.7 Å². The Balaban J connectivity index is 1.48. The molecule has 2 saturated heterocycles. The van der Waals surface area contributed by atoms with Gasteiger partial charge in [0.15, 0.2) is 17.4 Å². The van der Waals surface area contributed by atoms with Crippen LogP contribution in [0.4, 0.5) is 4.39 Å². The number of likely N-dealkylation sites (tertiary alicyclic amines) is 1. The van der Waals surface area contributed by atoms with E-state index in [1.165, 1.54) is 25.2 Å². The van der Waals surface area contributed by atoms with Crippen LogP contribution in [0.25, 0.3) is 0 Å². The number of imide groups is 1. The molecule has 7 nitrogen and oxygen atoms in total. The number of aromatic hydroxyl groups is 1. The first-order valence-corrected chi connectivity index (χ1v) is 10.7. The molecule has 3 aliphatic rings. The molecule has 2 aliphatic heterocycles. The van der Waals surface area contributed by atoms with Gasteiger partial charge in [0.05, 0.1) is 24.5 Å². The number of phenols is 1. The number of rotatable bonds is 4. The maximum atomic E-state index is 14.0. The Labute approximate surface area is 184 Å². The topological polar surface area (TPSA) is 96.3 Å². The van der Waals surface area contributed by atoms with E-state index in [2.05, 4.69) is 0 Å². The van der Waals surface area contributed by atoms with Gasteiger partial charge in [-0.05, 0) is 42.7 Å². The van der Waals surface area contributed by atoms with E-state index >= 15 is 0 Å². The van der Waals surface area contributed by atoms with Gasteiger partial charge in [-0.25, -0.2) is 4.39 Å². The number of aliphatic hydroxyl groups is 1. The molecule has 2 aromatic rings. The highest BCUT2D eigenvalue weighted by molar-refractivity contribution is 6.05. The molecule has 3 fully saturated rings. The summed E-state index contributed by atoms with van der Waals surface area (Å²) in [5.74, 6) is -5.40. The van der Waals surface area contributed by atoms with Crippen molar-refractivity contribution < 1.29 is 33.7 Å².